The number of nitrogens with zero attached hydrogens (tertiary/aromatic N) is 3. The molecule has 0 saturated heterocycles. The zero-order valence-corrected chi connectivity index (χ0v) is 22.8. The quantitative estimate of drug-likeness (QED) is 0.148. The van der Waals surface area contributed by atoms with Gasteiger partial charge in [-0.2, -0.15) is 0 Å². The Morgan fingerprint density at radius 3 is 2.57 bits per heavy atom. The van der Waals surface area contributed by atoms with Crippen LogP contribution in [0.15, 0.2) is 40.3 Å². The summed E-state index contributed by atoms with van der Waals surface area (Å²) >= 11 is 0. The fourth-order valence-corrected chi connectivity index (χ4v) is 4.11. The first-order chi connectivity index (χ1) is 18.1. The molecule has 0 amide bonds. The lowest BCUT2D eigenvalue weighted by molar-refractivity contribution is -0.116. The summed E-state index contributed by atoms with van der Waals surface area (Å²) in [5.41, 5.74) is 4.43. The van der Waals surface area contributed by atoms with E-state index in [0.717, 1.165) is 22.0 Å². The Morgan fingerprint density at radius 1 is 1.19 bits per heavy atom. The maximum absolute atomic E-state index is 13.4. The second-order valence-electron chi connectivity index (χ2n) is 7.62. The fourth-order valence-electron chi connectivity index (χ4n) is 4.11. The van der Waals surface area contributed by atoms with Gasteiger partial charge in [0.05, 0.1) is 36.3 Å². The Kier molecular flexibility index (Phi) is 12.1. The third-order valence-electron chi connectivity index (χ3n) is 5.70. The summed E-state index contributed by atoms with van der Waals surface area (Å²) in [6.45, 7) is 9.51. The van der Waals surface area contributed by atoms with Crippen LogP contribution in [0.1, 0.15) is 56.1 Å². The third kappa shape index (κ3) is 6.30. The molecule has 0 radical (unpaired) electrons. The van der Waals surface area contributed by atoms with Crippen LogP contribution in [0.5, 0.6) is 0 Å². The van der Waals surface area contributed by atoms with Crippen LogP contribution < -0.4 is 10.9 Å². The highest BCUT2D eigenvalue weighted by atomic mass is 16.6. The van der Waals surface area contributed by atoms with E-state index in [1.165, 1.54) is 14.2 Å². The van der Waals surface area contributed by atoms with Gasteiger partial charge in [0.25, 0.3) is 5.56 Å². The van der Waals surface area contributed by atoms with Crippen LogP contribution in [0.4, 0.5) is 0 Å². The number of hydrogen-bond acceptors (Lipinski definition) is 8. The normalized spacial score (nSPS) is 12.2. The van der Waals surface area contributed by atoms with E-state index in [0.29, 0.717) is 48.5 Å². The molecule has 0 spiro atoms. The van der Waals surface area contributed by atoms with Gasteiger partial charge in [-0.25, -0.2) is 4.98 Å². The van der Waals surface area contributed by atoms with Gasteiger partial charge in [0.1, 0.15) is 12.7 Å². The highest BCUT2D eigenvalue weighted by Gasteiger charge is 2.29. The number of oxime groups is 1. The highest BCUT2D eigenvalue weighted by molar-refractivity contribution is 6.02. The molecule has 37 heavy (non-hydrogen) atoms. The summed E-state index contributed by atoms with van der Waals surface area (Å²) in [7, 11) is 4.79. The number of methoxy groups -OCH3 is 2. The van der Waals surface area contributed by atoms with Gasteiger partial charge in [-0.05, 0) is 19.2 Å². The first-order valence-corrected chi connectivity index (χ1v) is 12.6. The van der Waals surface area contributed by atoms with Crippen molar-refractivity contribution in [3.8, 4) is 11.4 Å². The molecular formula is C28H38N4O5. The van der Waals surface area contributed by atoms with E-state index in [1.807, 2.05) is 59.0 Å². The van der Waals surface area contributed by atoms with Crippen molar-refractivity contribution in [3.05, 3.63) is 62.9 Å². The van der Waals surface area contributed by atoms with Crippen molar-refractivity contribution >= 4 is 23.4 Å². The molecular weight excluding hydrogens is 472 g/mol. The molecule has 1 N–H and O–H groups in total. The average molecular weight is 511 g/mol. The summed E-state index contributed by atoms with van der Waals surface area (Å²) in [6.07, 6.45) is 1.48. The number of pyridine rings is 2. The van der Waals surface area contributed by atoms with Gasteiger partial charge in [-0.3, -0.25) is 4.79 Å². The van der Waals surface area contributed by atoms with Crippen LogP contribution in [-0.2, 0) is 32.3 Å². The molecule has 3 aromatic rings. The third-order valence-corrected chi connectivity index (χ3v) is 5.70. The van der Waals surface area contributed by atoms with Gasteiger partial charge in [-0.1, -0.05) is 51.0 Å². The van der Waals surface area contributed by atoms with Gasteiger partial charge in [0.15, 0.2) is 6.29 Å². The first-order valence-electron chi connectivity index (χ1n) is 12.6. The van der Waals surface area contributed by atoms with Crippen LogP contribution in [0, 0.1) is 0 Å². The number of para-hydroxylation sites is 1. The predicted molar refractivity (Wildman–Crippen MR) is 147 cm³/mol. The van der Waals surface area contributed by atoms with E-state index in [2.05, 4.69) is 10.5 Å². The van der Waals surface area contributed by atoms with Crippen LogP contribution >= 0.6 is 0 Å². The minimum Gasteiger partial charge on any atom is -0.394 e. The van der Waals surface area contributed by atoms with Crippen LogP contribution in [0.2, 0.25) is 0 Å². The summed E-state index contributed by atoms with van der Waals surface area (Å²) in [5, 5.41) is 8.06. The molecule has 1 aromatic carbocycles. The lowest BCUT2D eigenvalue weighted by Crippen LogP contribution is -2.27. The van der Waals surface area contributed by atoms with Crippen molar-refractivity contribution in [2.75, 3.05) is 34.4 Å². The Morgan fingerprint density at radius 2 is 1.92 bits per heavy atom. The molecule has 0 saturated carbocycles. The monoisotopic (exact) mass is 510 g/mol. The predicted octanol–water partition coefficient (Wildman–Crippen LogP) is 4.08. The second-order valence-corrected chi connectivity index (χ2v) is 7.62. The van der Waals surface area contributed by atoms with Gasteiger partial charge in [0.2, 0.25) is 0 Å². The van der Waals surface area contributed by atoms with Crippen molar-refractivity contribution in [2.24, 2.45) is 5.16 Å². The summed E-state index contributed by atoms with van der Waals surface area (Å²) < 4.78 is 12.2. The number of fused-ring (bicyclic) bond motifs is 4. The number of hydrogen-bond donors (Lipinski definition) is 1. The molecule has 0 bridgehead atoms. The standard InChI is InChI=1S/C24H26N4O5.2C2H6/c1-25-8-9-33-26-11-17-15-6-4-5-7-20(15)27-23-18(17)12-28-21(23)10-16(22(13-29)32-3)19(14-31-2)24(28)30;2*1-2/h4-7,10-11,13,22,25H,8-9,12,14H2,1-3H3;2*1-2H3/b26-11+;;. The maximum atomic E-state index is 13.4. The van der Waals surface area contributed by atoms with E-state index in [-0.39, 0.29) is 12.2 Å². The topological polar surface area (TPSA) is 104 Å². The maximum Gasteiger partial charge on any atom is 0.257 e. The Hall–Kier alpha value is -3.40. The van der Waals surface area contributed by atoms with Crippen LogP contribution in [-0.4, -0.2) is 56.5 Å². The van der Waals surface area contributed by atoms with Crippen molar-refractivity contribution < 1.29 is 19.1 Å². The number of aldehydes is 1. The van der Waals surface area contributed by atoms with Crippen LogP contribution in [0.3, 0.4) is 0 Å². The van der Waals surface area contributed by atoms with E-state index in [9.17, 15) is 9.59 Å². The molecule has 9 nitrogen and oxygen atoms in total. The second kappa shape index (κ2) is 15.0. The molecule has 4 rings (SSSR count). The van der Waals surface area contributed by atoms with E-state index in [1.54, 1.807) is 16.8 Å². The summed E-state index contributed by atoms with van der Waals surface area (Å²) in [5.74, 6) is 0. The Bertz CT molecular complexity index is 1270. The number of carbonyl (C=O) groups is 1. The largest absolute Gasteiger partial charge is 0.394 e. The van der Waals surface area contributed by atoms with Crippen LogP contribution in [0.25, 0.3) is 22.3 Å². The number of aromatic nitrogens is 2. The van der Waals surface area contributed by atoms with E-state index >= 15 is 0 Å². The SMILES string of the molecule is CC.CC.CNCCO/N=C/c1c2c(nc3ccccc13)-c1cc(C(C=O)OC)c(COC)c(=O)n1C2. The first kappa shape index (κ1) is 29.8. The Labute approximate surface area is 218 Å². The minimum absolute atomic E-state index is 0.0709. The molecule has 1 aliphatic heterocycles. The molecule has 0 fully saturated rings. The molecule has 1 unspecified atom stereocenters. The molecule has 200 valence electrons. The number of likely N-dealkylation sites (N-methyl/N-ethyl adjacent to an activating group) is 1. The number of benzene rings is 1. The summed E-state index contributed by atoms with van der Waals surface area (Å²) in [4.78, 5) is 35.3. The van der Waals surface area contributed by atoms with Crippen molar-refractivity contribution in [3.63, 3.8) is 0 Å². The fraction of sp³-hybridized carbons (Fsp3) is 0.429. The number of carbonyl (C=O) groups excluding carboxylic acids is 1. The van der Waals surface area contributed by atoms with Gasteiger partial charge >= 0.3 is 0 Å². The molecule has 2 aromatic heterocycles. The highest BCUT2D eigenvalue weighted by Crippen LogP contribution is 2.36. The number of ether oxygens (including phenoxy) is 2. The van der Waals surface area contributed by atoms with Crippen molar-refractivity contribution in [2.45, 2.75) is 47.0 Å². The van der Waals surface area contributed by atoms with E-state index in [4.69, 9.17) is 19.3 Å². The number of rotatable bonds is 10. The molecule has 1 aliphatic rings. The average Bonchev–Trinajstić information content (AvgIpc) is 3.31. The molecule has 0 aliphatic carbocycles. The van der Waals surface area contributed by atoms with Gasteiger partial charge in [-0.15, -0.1) is 0 Å². The Balaban J connectivity index is 0.00000115. The van der Waals surface area contributed by atoms with E-state index < -0.39 is 6.10 Å². The minimum atomic E-state index is -0.875. The van der Waals surface area contributed by atoms with Gasteiger partial charge < -0.3 is 29.0 Å². The number of nitrogens with one attached hydrogen (secondary N) is 1. The van der Waals surface area contributed by atoms with Crippen molar-refractivity contribution in [1.29, 1.82) is 0 Å². The summed E-state index contributed by atoms with van der Waals surface area (Å²) in [6, 6.07) is 9.54. The zero-order valence-electron chi connectivity index (χ0n) is 22.8. The zero-order chi connectivity index (χ0) is 27.4. The lowest BCUT2D eigenvalue weighted by Gasteiger charge is -2.16. The smallest absolute Gasteiger partial charge is 0.257 e. The van der Waals surface area contributed by atoms with Gasteiger partial charge in [0, 0.05) is 48.4 Å². The van der Waals surface area contributed by atoms with Crippen molar-refractivity contribution in [1.82, 2.24) is 14.9 Å². The molecule has 3 heterocycles. The molecule has 9 heteroatoms. The molecule has 1 atom stereocenters. The lowest BCUT2D eigenvalue weighted by atomic mass is 10.00.